The van der Waals surface area contributed by atoms with Crippen LogP contribution >= 0.6 is 12.4 Å². The Morgan fingerprint density at radius 3 is 2.50 bits per heavy atom. The van der Waals surface area contributed by atoms with E-state index in [2.05, 4.69) is 4.98 Å². The monoisotopic (exact) mass is 317 g/mol. The number of aromatic nitrogens is 1. The van der Waals surface area contributed by atoms with Gasteiger partial charge in [0.2, 0.25) is 0 Å². The zero-order valence-corrected chi connectivity index (χ0v) is 12.2. The summed E-state index contributed by atoms with van der Waals surface area (Å²) >= 11 is 0. The van der Waals surface area contributed by atoms with Crippen molar-refractivity contribution in [1.82, 2.24) is 4.98 Å². The van der Waals surface area contributed by atoms with Crippen molar-refractivity contribution in [2.45, 2.75) is 0 Å². The van der Waals surface area contributed by atoms with Crippen LogP contribution < -0.4 is 10.5 Å². The maximum Gasteiger partial charge on any atom is 0.153 e. The van der Waals surface area contributed by atoms with Gasteiger partial charge in [0.1, 0.15) is 22.9 Å². The van der Waals surface area contributed by atoms with E-state index in [1.54, 1.807) is 18.3 Å². The number of ether oxygens (including phenoxy) is 1. The van der Waals surface area contributed by atoms with E-state index in [-0.39, 0.29) is 29.6 Å². The predicted molar refractivity (Wildman–Crippen MR) is 86.5 cm³/mol. The van der Waals surface area contributed by atoms with Gasteiger partial charge >= 0.3 is 0 Å². The van der Waals surface area contributed by atoms with Crippen LogP contribution in [0, 0.1) is 11.2 Å². The number of nitrogens with zero attached hydrogens (tertiary/aromatic N) is 1. The number of halogens is 2. The second kappa shape index (κ2) is 6.41. The summed E-state index contributed by atoms with van der Waals surface area (Å²) < 4.78 is 19.5. The summed E-state index contributed by atoms with van der Waals surface area (Å²) in [5, 5.41) is 8.40. The second-order valence-corrected chi connectivity index (χ2v) is 4.46. The molecule has 0 unspecified atom stereocenters. The first kappa shape index (κ1) is 15.7. The van der Waals surface area contributed by atoms with Crippen molar-refractivity contribution < 1.29 is 9.13 Å². The minimum absolute atomic E-state index is 0. The van der Waals surface area contributed by atoms with Crippen LogP contribution in [0.15, 0.2) is 54.7 Å². The fraction of sp³-hybridized carbons (Fsp3) is 0. The van der Waals surface area contributed by atoms with Gasteiger partial charge in [-0.3, -0.25) is 10.4 Å². The maximum absolute atomic E-state index is 13.8. The van der Waals surface area contributed by atoms with Crippen LogP contribution in [0.3, 0.4) is 0 Å². The van der Waals surface area contributed by atoms with Gasteiger partial charge in [0, 0.05) is 11.6 Å². The molecule has 0 radical (unpaired) electrons. The SMILES string of the molecule is Cl.N=C(N)c1c(F)cccc1Oc1cccc2cccnc12. The number of amidine groups is 1. The summed E-state index contributed by atoms with van der Waals surface area (Å²) in [5.74, 6) is -0.286. The lowest BCUT2D eigenvalue weighted by atomic mass is 10.1. The number of para-hydroxylation sites is 1. The van der Waals surface area contributed by atoms with Crippen LogP contribution in [0.2, 0.25) is 0 Å². The fourth-order valence-electron chi connectivity index (χ4n) is 2.13. The molecule has 1 heterocycles. The molecule has 0 atom stereocenters. The third-order valence-electron chi connectivity index (χ3n) is 3.06. The summed E-state index contributed by atoms with van der Waals surface area (Å²) in [6, 6.07) is 13.5. The highest BCUT2D eigenvalue weighted by Gasteiger charge is 2.14. The largest absolute Gasteiger partial charge is 0.454 e. The molecule has 3 N–H and O–H groups in total. The Balaban J connectivity index is 0.00000176. The minimum Gasteiger partial charge on any atom is -0.454 e. The first-order valence-corrected chi connectivity index (χ1v) is 6.31. The molecular weight excluding hydrogens is 305 g/mol. The number of nitrogens with two attached hydrogens (primary N) is 1. The Kier molecular flexibility index (Phi) is 4.58. The molecule has 0 amide bonds. The van der Waals surface area contributed by atoms with Crippen molar-refractivity contribution in [3.05, 3.63) is 66.1 Å². The quantitative estimate of drug-likeness (QED) is 0.569. The lowest BCUT2D eigenvalue weighted by Crippen LogP contribution is -2.14. The second-order valence-electron chi connectivity index (χ2n) is 4.46. The van der Waals surface area contributed by atoms with Gasteiger partial charge in [-0.25, -0.2) is 4.39 Å². The van der Waals surface area contributed by atoms with Crippen molar-refractivity contribution in [2.24, 2.45) is 5.73 Å². The maximum atomic E-state index is 13.8. The highest BCUT2D eigenvalue weighted by molar-refractivity contribution is 5.98. The predicted octanol–water partition coefficient (Wildman–Crippen LogP) is 3.87. The van der Waals surface area contributed by atoms with Crippen molar-refractivity contribution >= 4 is 29.1 Å². The van der Waals surface area contributed by atoms with E-state index >= 15 is 0 Å². The zero-order valence-electron chi connectivity index (χ0n) is 11.4. The molecule has 0 spiro atoms. The Morgan fingerprint density at radius 2 is 1.73 bits per heavy atom. The third kappa shape index (κ3) is 2.84. The summed E-state index contributed by atoms with van der Waals surface area (Å²) in [7, 11) is 0. The molecule has 0 aliphatic rings. The standard InChI is InChI=1S/C16H12FN3O.ClH/c17-11-6-2-7-12(14(11)16(18)19)21-13-8-1-4-10-5-3-9-20-15(10)13;/h1-9H,(H3,18,19);1H. The van der Waals surface area contributed by atoms with Crippen LogP contribution in [-0.2, 0) is 0 Å². The number of fused-ring (bicyclic) bond motifs is 1. The molecular formula is C16H13ClFN3O. The van der Waals surface area contributed by atoms with Gasteiger partial charge in [-0.1, -0.05) is 24.3 Å². The van der Waals surface area contributed by atoms with Gasteiger partial charge in [0.25, 0.3) is 0 Å². The topological polar surface area (TPSA) is 72.0 Å². The van der Waals surface area contributed by atoms with Crippen molar-refractivity contribution in [1.29, 1.82) is 5.41 Å². The van der Waals surface area contributed by atoms with Gasteiger partial charge < -0.3 is 10.5 Å². The fourth-order valence-corrected chi connectivity index (χ4v) is 2.13. The van der Waals surface area contributed by atoms with E-state index in [1.807, 2.05) is 24.3 Å². The molecule has 4 nitrogen and oxygen atoms in total. The minimum atomic E-state index is -0.590. The molecule has 112 valence electrons. The molecule has 0 saturated carbocycles. The summed E-state index contributed by atoms with van der Waals surface area (Å²) in [6.45, 7) is 0. The third-order valence-corrected chi connectivity index (χ3v) is 3.06. The normalized spacial score (nSPS) is 10.0. The number of hydrogen-bond acceptors (Lipinski definition) is 3. The van der Waals surface area contributed by atoms with E-state index in [1.165, 1.54) is 12.1 Å². The van der Waals surface area contributed by atoms with Gasteiger partial charge in [-0.2, -0.15) is 0 Å². The Hall–Kier alpha value is -2.66. The Morgan fingerprint density at radius 1 is 1.05 bits per heavy atom. The van der Waals surface area contributed by atoms with Crippen LogP contribution in [0.4, 0.5) is 4.39 Å². The molecule has 2 aromatic carbocycles. The highest BCUT2D eigenvalue weighted by Crippen LogP contribution is 2.31. The molecule has 1 aromatic heterocycles. The first-order chi connectivity index (χ1) is 10.2. The zero-order chi connectivity index (χ0) is 14.8. The number of nitrogen functional groups attached to an aromatic ring is 1. The first-order valence-electron chi connectivity index (χ1n) is 6.31. The summed E-state index contributed by atoms with van der Waals surface area (Å²) in [4.78, 5) is 4.27. The highest BCUT2D eigenvalue weighted by atomic mass is 35.5. The number of benzene rings is 2. The van der Waals surface area contributed by atoms with Gasteiger partial charge in [-0.15, -0.1) is 12.4 Å². The van der Waals surface area contributed by atoms with Crippen molar-refractivity contribution in [3.8, 4) is 11.5 Å². The molecule has 0 saturated heterocycles. The van der Waals surface area contributed by atoms with Gasteiger partial charge in [0.15, 0.2) is 5.75 Å². The van der Waals surface area contributed by atoms with E-state index < -0.39 is 5.82 Å². The van der Waals surface area contributed by atoms with Crippen molar-refractivity contribution in [2.75, 3.05) is 0 Å². The Bertz CT molecular complexity index is 833. The molecule has 0 bridgehead atoms. The van der Waals surface area contributed by atoms with Gasteiger partial charge in [0.05, 0.1) is 5.56 Å². The molecule has 22 heavy (non-hydrogen) atoms. The average Bonchev–Trinajstić information content (AvgIpc) is 2.47. The van der Waals surface area contributed by atoms with E-state index in [9.17, 15) is 4.39 Å². The number of hydrogen-bond donors (Lipinski definition) is 2. The van der Waals surface area contributed by atoms with Crippen LogP contribution in [0.25, 0.3) is 10.9 Å². The number of pyridine rings is 1. The van der Waals surface area contributed by atoms with E-state index in [4.69, 9.17) is 15.9 Å². The van der Waals surface area contributed by atoms with Crippen LogP contribution in [-0.4, -0.2) is 10.8 Å². The van der Waals surface area contributed by atoms with Gasteiger partial charge in [-0.05, 0) is 24.3 Å². The molecule has 0 aliphatic heterocycles. The molecule has 3 rings (SSSR count). The number of nitrogens with one attached hydrogen (secondary N) is 1. The smallest absolute Gasteiger partial charge is 0.153 e. The van der Waals surface area contributed by atoms with Crippen LogP contribution in [0.5, 0.6) is 11.5 Å². The molecule has 0 fully saturated rings. The van der Waals surface area contributed by atoms with Crippen molar-refractivity contribution in [3.63, 3.8) is 0 Å². The van der Waals surface area contributed by atoms with Crippen LogP contribution in [0.1, 0.15) is 5.56 Å². The Labute approximate surface area is 132 Å². The summed E-state index contributed by atoms with van der Waals surface area (Å²) in [6.07, 6.45) is 1.66. The molecule has 0 aliphatic carbocycles. The average molecular weight is 318 g/mol. The molecule has 6 heteroatoms. The lowest BCUT2D eigenvalue weighted by Gasteiger charge is -2.12. The van der Waals surface area contributed by atoms with E-state index in [0.717, 1.165) is 5.39 Å². The lowest BCUT2D eigenvalue weighted by molar-refractivity contribution is 0.479. The number of rotatable bonds is 3. The van der Waals surface area contributed by atoms with E-state index in [0.29, 0.717) is 11.3 Å². The molecule has 3 aromatic rings. The summed E-state index contributed by atoms with van der Waals surface area (Å²) in [5.41, 5.74) is 6.04.